The van der Waals surface area contributed by atoms with Crippen molar-refractivity contribution < 1.29 is 4.42 Å². The average molecular weight is 719 g/mol. The molecular formula is C51H34N4O. The molecule has 264 valence electrons. The smallest absolute Gasteiger partial charge is 0.231 e. The predicted molar refractivity (Wildman–Crippen MR) is 229 cm³/mol. The number of anilines is 2. The lowest BCUT2D eigenvalue weighted by molar-refractivity contribution is 0.446. The number of benzene rings is 7. The zero-order valence-corrected chi connectivity index (χ0v) is 30.6. The molecule has 2 unspecified atom stereocenters. The molecule has 0 saturated heterocycles. The maximum atomic E-state index is 6.92. The average Bonchev–Trinajstić information content (AvgIpc) is 3.88. The van der Waals surface area contributed by atoms with E-state index < -0.39 is 5.54 Å². The third kappa shape index (κ3) is 4.25. The molecule has 0 amide bonds. The third-order valence-corrected chi connectivity index (χ3v) is 12.1. The Morgan fingerprint density at radius 2 is 1.25 bits per heavy atom. The highest BCUT2D eigenvalue weighted by Gasteiger charge is 2.57. The van der Waals surface area contributed by atoms with Crippen LogP contribution in [0.25, 0.3) is 72.3 Å². The lowest BCUT2D eigenvalue weighted by atomic mass is 9.69. The van der Waals surface area contributed by atoms with E-state index in [2.05, 4.69) is 192 Å². The first kappa shape index (κ1) is 31.1. The van der Waals surface area contributed by atoms with Gasteiger partial charge in [0.05, 0.1) is 33.7 Å². The van der Waals surface area contributed by atoms with Crippen LogP contribution in [0.2, 0.25) is 0 Å². The molecule has 2 aliphatic rings. The Morgan fingerprint density at radius 3 is 2.11 bits per heavy atom. The molecule has 0 fully saturated rings. The topological polar surface area (TPSA) is 47.1 Å². The van der Waals surface area contributed by atoms with Gasteiger partial charge in [0.25, 0.3) is 0 Å². The van der Waals surface area contributed by atoms with Gasteiger partial charge >= 0.3 is 0 Å². The predicted octanol–water partition coefficient (Wildman–Crippen LogP) is 12.7. The van der Waals surface area contributed by atoms with Crippen LogP contribution in [0.3, 0.4) is 0 Å². The second-order valence-electron chi connectivity index (χ2n) is 15.1. The summed E-state index contributed by atoms with van der Waals surface area (Å²) >= 11 is 0. The maximum absolute atomic E-state index is 6.92. The normalized spacial score (nSPS) is 17.3. The molecule has 0 saturated carbocycles. The van der Waals surface area contributed by atoms with Crippen molar-refractivity contribution in [2.24, 2.45) is 0 Å². The highest BCUT2D eigenvalue weighted by atomic mass is 16.3. The second kappa shape index (κ2) is 11.6. The van der Waals surface area contributed by atoms with E-state index in [1.54, 1.807) is 0 Å². The van der Waals surface area contributed by atoms with Crippen molar-refractivity contribution in [1.29, 1.82) is 0 Å². The van der Waals surface area contributed by atoms with Gasteiger partial charge in [-0.3, -0.25) is 4.90 Å². The van der Waals surface area contributed by atoms with Crippen molar-refractivity contribution in [2.45, 2.75) is 18.4 Å². The van der Waals surface area contributed by atoms with Gasteiger partial charge in [-0.25, -0.2) is 9.97 Å². The van der Waals surface area contributed by atoms with Crippen LogP contribution in [0.4, 0.5) is 11.6 Å². The first-order chi connectivity index (χ1) is 27.7. The number of hydrogen-bond donors (Lipinski definition) is 0. The lowest BCUT2D eigenvalue weighted by Gasteiger charge is -2.43. The van der Waals surface area contributed by atoms with Gasteiger partial charge < -0.3 is 8.98 Å². The maximum Gasteiger partial charge on any atom is 0.231 e. The molecule has 5 heteroatoms. The minimum absolute atomic E-state index is 0.141. The van der Waals surface area contributed by atoms with Crippen LogP contribution in [-0.4, -0.2) is 20.1 Å². The largest absolute Gasteiger partial charge is 0.460 e. The summed E-state index contributed by atoms with van der Waals surface area (Å²) in [6.07, 6.45) is 2.38. The molecule has 3 aromatic heterocycles. The Morgan fingerprint density at radius 1 is 0.571 bits per heavy atom. The van der Waals surface area contributed by atoms with Crippen molar-refractivity contribution in [3.05, 3.63) is 198 Å². The minimum atomic E-state index is -0.674. The summed E-state index contributed by atoms with van der Waals surface area (Å²) in [4.78, 5) is 13.3. The molecule has 0 spiro atoms. The Balaban J connectivity index is 1.16. The van der Waals surface area contributed by atoms with Crippen LogP contribution in [0.1, 0.15) is 35.3 Å². The monoisotopic (exact) mass is 718 g/mol. The van der Waals surface area contributed by atoms with Crippen LogP contribution in [0.15, 0.2) is 180 Å². The molecule has 56 heavy (non-hydrogen) atoms. The van der Waals surface area contributed by atoms with Crippen LogP contribution in [0.5, 0.6) is 0 Å². The first-order valence-electron chi connectivity index (χ1n) is 19.2. The van der Waals surface area contributed by atoms with Gasteiger partial charge in [0.1, 0.15) is 11.3 Å². The van der Waals surface area contributed by atoms with Gasteiger partial charge in [-0.1, -0.05) is 127 Å². The van der Waals surface area contributed by atoms with Crippen molar-refractivity contribution >= 4 is 67.0 Å². The number of para-hydroxylation sites is 5. The highest BCUT2D eigenvalue weighted by molar-refractivity contribution is 6.12. The summed E-state index contributed by atoms with van der Waals surface area (Å²) in [5, 5.41) is 4.57. The van der Waals surface area contributed by atoms with Crippen molar-refractivity contribution in [2.75, 3.05) is 4.90 Å². The summed E-state index contributed by atoms with van der Waals surface area (Å²) in [6, 6.07) is 62.4. The fraction of sp³-hybridized carbons (Fsp3) is 0.0588. The molecule has 0 radical (unpaired) electrons. The van der Waals surface area contributed by atoms with E-state index in [0.717, 1.165) is 61.4 Å². The fourth-order valence-corrected chi connectivity index (χ4v) is 9.70. The number of hydrogen-bond acceptors (Lipinski definition) is 4. The van der Waals surface area contributed by atoms with Crippen LogP contribution in [0, 0.1) is 0 Å². The lowest BCUT2D eigenvalue weighted by Crippen LogP contribution is -2.47. The Labute approximate surface area is 323 Å². The zero-order chi connectivity index (χ0) is 37.0. The van der Waals surface area contributed by atoms with Crippen molar-refractivity contribution in [3.8, 4) is 16.9 Å². The van der Waals surface area contributed by atoms with Gasteiger partial charge in [0.15, 0.2) is 0 Å². The molecule has 2 atom stereocenters. The third-order valence-electron chi connectivity index (χ3n) is 12.1. The summed E-state index contributed by atoms with van der Waals surface area (Å²) in [5.74, 6) is 1.49. The van der Waals surface area contributed by atoms with Gasteiger partial charge in [-0.2, -0.15) is 0 Å². The molecule has 1 aliphatic heterocycles. The van der Waals surface area contributed by atoms with E-state index in [1.165, 1.54) is 32.9 Å². The van der Waals surface area contributed by atoms with E-state index in [-0.39, 0.29) is 5.92 Å². The Kier molecular flexibility index (Phi) is 6.47. The second-order valence-corrected chi connectivity index (χ2v) is 15.1. The summed E-state index contributed by atoms with van der Waals surface area (Å²) in [5.41, 5.74) is 12.3. The molecular weight excluding hydrogens is 685 g/mol. The number of aromatic nitrogens is 3. The van der Waals surface area contributed by atoms with E-state index in [1.807, 2.05) is 6.07 Å². The van der Waals surface area contributed by atoms with Crippen molar-refractivity contribution in [3.63, 3.8) is 0 Å². The number of fused-ring (bicyclic) bond motifs is 11. The van der Waals surface area contributed by atoms with E-state index >= 15 is 0 Å². The summed E-state index contributed by atoms with van der Waals surface area (Å²) in [7, 11) is 0. The van der Waals surface area contributed by atoms with E-state index in [9.17, 15) is 0 Å². The van der Waals surface area contributed by atoms with Gasteiger partial charge in [0.2, 0.25) is 5.95 Å². The molecule has 7 aromatic carbocycles. The molecule has 1 aliphatic carbocycles. The fourth-order valence-electron chi connectivity index (χ4n) is 9.70. The molecule has 10 aromatic rings. The van der Waals surface area contributed by atoms with Crippen LogP contribution in [-0.2, 0) is 0 Å². The van der Waals surface area contributed by atoms with E-state index in [0.29, 0.717) is 5.95 Å². The summed E-state index contributed by atoms with van der Waals surface area (Å²) < 4.78 is 9.30. The SMILES string of the molecule is CC12C(c3ccc4c(c3)c3ccccc3n4-c3ccccc3)=Cc3c(oc4ccccc34)C1c1ccccc1N2c1nc(-c2ccccc2)c2ccccc2n1. The van der Waals surface area contributed by atoms with Gasteiger partial charge in [-0.05, 0) is 78.2 Å². The summed E-state index contributed by atoms with van der Waals surface area (Å²) in [6.45, 7) is 2.36. The quantitative estimate of drug-likeness (QED) is 0.182. The Bertz CT molecular complexity index is 3230. The number of nitrogens with zero attached hydrogens (tertiary/aromatic N) is 4. The van der Waals surface area contributed by atoms with Crippen LogP contribution >= 0.6 is 0 Å². The molecule has 12 rings (SSSR count). The van der Waals surface area contributed by atoms with Gasteiger partial charge in [0, 0.05) is 44.0 Å². The molecule has 0 bridgehead atoms. The van der Waals surface area contributed by atoms with Crippen LogP contribution < -0.4 is 4.90 Å². The molecule has 5 nitrogen and oxygen atoms in total. The first-order valence-corrected chi connectivity index (χ1v) is 19.2. The molecule has 4 heterocycles. The number of furan rings is 1. The minimum Gasteiger partial charge on any atom is -0.460 e. The van der Waals surface area contributed by atoms with E-state index in [4.69, 9.17) is 14.4 Å². The zero-order valence-electron chi connectivity index (χ0n) is 30.6. The highest BCUT2D eigenvalue weighted by Crippen LogP contribution is 2.62. The Hall–Kier alpha value is -7.24. The van der Waals surface area contributed by atoms with Crippen molar-refractivity contribution in [1.82, 2.24) is 14.5 Å². The molecule has 0 N–H and O–H groups in total. The standard InChI is InChI=1S/C51H34N4O/c1-51-41(33-28-29-44-39(30-33)35-20-9-13-25-43(35)54(44)34-18-6-3-7-19-34)31-40-36-21-11-15-27-46(36)56-49(40)47(51)38-23-10-14-26-45(38)55(51)50-52-42-24-12-8-22-37(42)48(53-50)32-16-4-2-5-17-32/h2-31,47H,1H3. The van der Waals surface area contributed by atoms with Gasteiger partial charge in [-0.15, -0.1) is 0 Å². The number of rotatable bonds is 4.